The van der Waals surface area contributed by atoms with Crippen LogP contribution in [0.1, 0.15) is 30.0 Å². The minimum Gasteiger partial charge on any atom is -0.496 e. The average Bonchev–Trinajstić information content (AvgIpc) is 2.66. The number of aryl methyl sites for hydroxylation is 3. The maximum atomic E-state index is 12.9. The monoisotopic (exact) mass is 438 g/mol. The van der Waals surface area contributed by atoms with Gasteiger partial charge in [0, 0.05) is 6.54 Å². The molecule has 0 fully saturated rings. The van der Waals surface area contributed by atoms with Crippen molar-refractivity contribution >= 4 is 31.4 Å². The smallest absolute Gasteiger partial charge is 0.261 e. The van der Waals surface area contributed by atoms with E-state index < -0.39 is 20.0 Å². The Hall–Kier alpha value is -2.26. The van der Waals surface area contributed by atoms with Crippen molar-refractivity contribution in [1.82, 2.24) is 0 Å². The molecule has 2 aromatic carbocycles. The molecule has 0 spiro atoms. The molecule has 0 saturated carbocycles. The summed E-state index contributed by atoms with van der Waals surface area (Å²) in [5, 5.41) is 0. The Morgan fingerprint density at radius 2 is 1.72 bits per heavy atom. The predicted octanol–water partition coefficient (Wildman–Crippen LogP) is 3.22. The van der Waals surface area contributed by atoms with Crippen LogP contribution in [0.2, 0.25) is 0 Å². The number of rotatable bonds is 6. The van der Waals surface area contributed by atoms with E-state index in [9.17, 15) is 16.8 Å². The first-order valence-electron chi connectivity index (χ1n) is 9.40. The number of nitrogens with one attached hydrogen (secondary N) is 1. The fraction of sp³-hybridized carbons (Fsp3) is 0.400. The molecular formula is C20H26N2O5S2. The molecule has 9 heteroatoms. The van der Waals surface area contributed by atoms with Gasteiger partial charge < -0.3 is 4.74 Å². The Morgan fingerprint density at radius 3 is 2.31 bits per heavy atom. The van der Waals surface area contributed by atoms with Crippen LogP contribution in [-0.2, 0) is 26.5 Å². The fourth-order valence-electron chi connectivity index (χ4n) is 3.65. The molecule has 1 aliphatic heterocycles. The van der Waals surface area contributed by atoms with E-state index in [1.165, 1.54) is 4.31 Å². The van der Waals surface area contributed by atoms with Gasteiger partial charge in [-0.2, -0.15) is 0 Å². The van der Waals surface area contributed by atoms with Crippen LogP contribution >= 0.6 is 0 Å². The Morgan fingerprint density at radius 1 is 1.07 bits per heavy atom. The van der Waals surface area contributed by atoms with Gasteiger partial charge in [-0.1, -0.05) is 6.07 Å². The van der Waals surface area contributed by atoms with Gasteiger partial charge in [0.15, 0.2) is 0 Å². The molecule has 0 amide bonds. The quantitative estimate of drug-likeness (QED) is 0.748. The van der Waals surface area contributed by atoms with Crippen molar-refractivity contribution in [1.29, 1.82) is 0 Å². The van der Waals surface area contributed by atoms with Crippen molar-refractivity contribution in [2.45, 2.75) is 38.5 Å². The topological polar surface area (TPSA) is 92.8 Å². The molecule has 1 aliphatic rings. The molecule has 29 heavy (non-hydrogen) atoms. The normalized spacial score (nSPS) is 14.4. The summed E-state index contributed by atoms with van der Waals surface area (Å²) < 4.78 is 60.0. The molecule has 0 aromatic heterocycles. The summed E-state index contributed by atoms with van der Waals surface area (Å²) in [6.45, 7) is 5.58. The molecule has 0 bridgehead atoms. The second-order valence-electron chi connectivity index (χ2n) is 7.12. The lowest BCUT2D eigenvalue weighted by Crippen LogP contribution is -2.36. The van der Waals surface area contributed by atoms with Gasteiger partial charge in [0.05, 0.1) is 29.1 Å². The van der Waals surface area contributed by atoms with Gasteiger partial charge in [-0.3, -0.25) is 9.03 Å². The second kappa shape index (κ2) is 7.87. The van der Waals surface area contributed by atoms with Gasteiger partial charge in [-0.25, -0.2) is 16.8 Å². The lowest BCUT2D eigenvalue weighted by molar-refractivity contribution is 0.408. The summed E-state index contributed by atoms with van der Waals surface area (Å²) in [6, 6.07) is 8.17. The van der Waals surface area contributed by atoms with Gasteiger partial charge >= 0.3 is 0 Å². The van der Waals surface area contributed by atoms with Crippen molar-refractivity contribution in [3.05, 3.63) is 47.0 Å². The SMILES string of the molecule is CCS(=O)(=O)N1CCCc2ccc(NS(=O)(=O)c3cc(C)c(OC)c(C)c3)cc21. The van der Waals surface area contributed by atoms with Crippen molar-refractivity contribution in [2.24, 2.45) is 0 Å². The molecule has 1 heterocycles. The van der Waals surface area contributed by atoms with Crippen molar-refractivity contribution < 1.29 is 21.6 Å². The number of benzene rings is 2. The fourth-order valence-corrected chi connectivity index (χ4v) is 6.06. The van der Waals surface area contributed by atoms with E-state index in [4.69, 9.17) is 4.74 Å². The first-order valence-corrected chi connectivity index (χ1v) is 12.5. The predicted molar refractivity (Wildman–Crippen MR) is 115 cm³/mol. The molecule has 0 unspecified atom stereocenters. The zero-order valence-corrected chi connectivity index (χ0v) is 18.7. The highest BCUT2D eigenvalue weighted by Crippen LogP contribution is 2.33. The lowest BCUT2D eigenvalue weighted by Gasteiger charge is -2.30. The standard InChI is InChI=1S/C20H26N2O5S2/c1-5-28(23,24)22-10-6-7-16-8-9-17(13-19(16)22)21-29(25,26)18-11-14(2)20(27-4)15(3)12-18/h8-9,11-13,21H,5-7,10H2,1-4H3. The zero-order valence-electron chi connectivity index (χ0n) is 17.0. The number of nitrogens with zero attached hydrogens (tertiary/aromatic N) is 1. The van der Waals surface area contributed by atoms with E-state index in [0.29, 0.717) is 23.7 Å². The molecule has 1 N–H and O–H groups in total. The molecule has 0 aliphatic carbocycles. The van der Waals surface area contributed by atoms with Crippen LogP contribution in [0.25, 0.3) is 0 Å². The van der Waals surface area contributed by atoms with Gasteiger partial charge in [0.1, 0.15) is 5.75 Å². The summed E-state index contributed by atoms with van der Waals surface area (Å²) >= 11 is 0. The molecule has 0 saturated heterocycles. The number of fused-ring (bicyclic) bond motifs is 1. The summed E-state index contributed by atoms with van der Waals surface area (Å²) in [6.07, 6.45) is 1.50. The Labute approximate surface area is 172 Å². The molecule has 158 valence electrons. The van der Waals surface area contributed by atoms with E-state index in [2.05, 4.69) is 4.72 Å². The summed E-state index contributed by atoms with van der Waals surface area (Å²) in [4.78, 5) is 0.129. The minimum atomic E-state index is -3.84. The van der Waals surface area contributed by atoms with Crippen LogP contribution in [0.15, 0.2) is 35.2 Å². The molecule has 7 nitrogen and oxygen atoms in total. The maximum absolute atomic E-state index is 12.9. The number of methoxy groups -OCH3 is 1. The highest BCUT2D eigenvalue weighted by atomic mass is 32.2. The van der Waals surface area contributed by atoms with Crippen LogP contribution in [0.3, 0.4) is 0 Å². The van der Waals surface area contributed by atoms with E-state index in [1.54, 1.807) is 58.2 Å². The van der Waals surface area contributed by atoms with Crippen molar-refractivity contribution in [2.75, 3.05) is 28.4 Å². The Balaban J connectivity index is 1.98. The van der Waals surface area contributed by atoms with E-state index in [-0.39, 0.29) is 10.6 Å². The molecule has 0 atom stereocenters. The number of hydrogen-bond acceptors (Lipinski definition) is 5. The summed E-state index contributed by atoms with van der Waals surface area (Å²) in [5.74, 6) is 0.644. The molecule has 0 radical (unpaired) electrons. The van der Waals surface area contributed by atoms with Crippen LogP contribution in [0.4, 0.5) is 11.4 Å². The van der Waals surface area contributed by atoms with E-state index in [1.807, 2.05) is 0 Å². The van der Waals surface area contributed by atoms with Crippen molar-refractivity contribution in [3.63, 3.8) is 0 Å². The average molecular weight is 439 g/mol. The summed E-state index contributed by atoms with van der Waals surface area (Å²) in [7, 11) is -5.72. The third kappa shape index (κ3) is 4.20. The lowest BCUT2D eigenvalue weighted by atomic mass is 10.0. The first-order chi connectivity index (χ1) is 13.6. The highest BCUT2D eigenvalue weighted by Gasteiger charge is 2.27. The first kappa shape index (κ1) is 21.4. The Bertz CT molecular complexity index is 1120. The number of sulfonamides is 2. The third-order valence-corrected chi connectivity index (χ3v) is 8.20. The van der Waals surface area contributed by atoms with Gasteiger partial charge in [-0.05, 0) is 74.6 Å². The molecule has 3 rings (SSSR count). The highest BCUT2D eigenvalue weighted by molar-refractivity contribution is 7.93. The number of hydrogen-bond donors (Lipinski definition) is 1. The number of anilines is 2. The minimum absolute atomic E-state index is 0.00715. The zero-order chi connectivity index (χ0) is 21.4. The summed E-state index contributed by atoms with van der Waals surface area (Å²) in [5.41, 5.74) is 3.21. The van der Waals surface area contributed by atoms with Crippen LogP contribution < -0.4 is 13.8 Å². The maximum Gasteiger partial charge on any atom is 0.261 e. The van der Waals surface area contributed by atoms with Crippen LogP contribution in [0, 0.1) is 13.8 Å². The van der Waals surface area contributed by atoms with Crippen LogP contribution in [-0.4, -0.2) is 36.2 Å². The van der Waals surface area contributed by atoms with Gasteiger partial charge in [0.2, 0.25) is 10.0 Å². The van der Waals surface area contributed by atoms with Crippen molar-refractivity contribution in [3.8, 4) is 5.75 Å². The number of ether oxygens (including phenoxy) is 1. The largest absolute Gasteiger partial charge is 0.496 e. The molecule has 2 aromatic rings. The molecular weight excluding hydrogens is 412 g/mol. The Kier molecular flexibility index (Phi) is 5.82. The van der Waals surface area contributed by atoms with Gasteiger partial charge in [-0.15, -0.1) is 0 Å². The third-order valence-electron chi connectivity index (χ3n) is 5.06. The second-order valence-corrected chi connectivity index (χ2v) is 11.0. The van der Waals surface area contributed by atoms with E-state index >= 15 is 0 Å². The van der Waals surface area contributed by atoms with Gasteiger partial charge in [0.25, 0.3) is 10.0 Å². The van der Waals surface area contributed by atoms with E-state index in [0.717, 1.165) is 29.5 Å². The van der Waals surface area contributed by atoms with Crippen LogP contribution in [0.5, 0.6) is 5.75 Å².